The molecule has 1 aromatic rings. The Bertz CT molecular complexity index is 728. The molecule has 0 bridgehead atoms. The Labute approximate surface area is 155 Å². The van der Waals surface area contributed by atoms with Crippen LogP contribution in [0, 0.1) is 5.92 Å². The van der Waals surface area contributed by atoms with Crippen molar-refractivity contribution in [2.75, 3.05) is 26.2 Å². The highest BCUT2D eigenvalue weighted by Crippen LogP contribution is 2.35. The minimum atomic E-state index is -4.76. The quantitative estimate of drug-likeness (QED) is 0.742. The second kappa shape index (κ2) is 9.03. The summed E-state index contributed by atoms with van der Waals surface area (Å²) in [6.45, 7) is 0.241. The van der Waals surface area contributed by atoms with E-state index < -0.39 is 32.6 Å². The van der Waals surface area contributed by atoms with Gasteiger partial charge in [-0.3, -0.25) is 4.79 Å². The molecule has 26 heavy (non-hydrogen) atoms. The average molecular weight is 417 g/mol. The molecule has 1 atom stereocenters. The molecule has 11 heteroatoms. The van der Waals surface area contributed by atoms with Gasteiger partial charge in [-0.1, -0.05) is 12.1 Å². The second-order valence-corrected chi connectivity index (χ2v) is 7.80. The average Bonchev–Trinajstić information content (AvgIpc) is 2.54. The van der Waals surface area contributed by atoms with Gasteiger partial charge in [0.1, 0.15) is 0 Å². The van der Waals surface area contributed by atoms with E-state index in [0.717, 1.165) is 22.5 Å². The molecule has 1 saturated heterocycles. The van der Waals surface area contributed by atoms with E-state index in [1.54, 1.807) is 0 Å². The molecule has 2 N–H and O–H groups in total. The van der Waals surface area contributed by atoms with Crippen molar-refractivity contribution in [3.05, 3.63) is 29.8 Å². The van der Waals surface area contributed by atoms with Gasteiger partial charge in [0.25, 0.3) is 0 Å². The van der Waals surface area contributed by atoms with Gasteiger partial charge in [-0.05, 0) is 37.4 Å². The Morgan fingerprint density at radius 3 is 2.58 bits per heavy atom. The van der Waals surface area contributed by atoms with Crippen LogP contribution in [0.2, 0.25) is 0 Å². The summed E-state index contributed by atoms with van der Waals surface area (Å²) < 4.78 is 65.8. The first kappa shape index (κ1) is 22.7. The van der Waals surface area contributed by atoms with Gasteiger partial charge >= 0.3 is 12.1 Å². The topological polar surface area (TPSA) is 86.7 Å². The Morgan fingerprint density at radius 2 is 1.96 bits per heavy atom. The molecule has 0 spiro atoms. The number of rotatable bonds is 6. The van der Waals surface area contributed by atoms with Crippen LogP contribution in [0.1, 0.15) is 18.4 Å². The maximum absolute atomic E-state index is 13.1. The lowest BCUT2D eigenvalue weighted by Gasteiger charge is -2.32. The lowest BCUT2D eigenvalue weighted by atomic mass is 10.00. The predicted octanol–water partition coefficient (Wildman–Crippen LogP) is 2.20. The van der Waals surface area contributed by atoms with Crippen LogP contribution in [0.3, 0.4) is 0 Å². The van der Waals surface area contributed by atoms with Crippen LogP contribution in [-0.2, 0) is 21.0 Å². The van der Waals surface area contributed by atoms with Crippen LogP contribution < -0.4 is 5.32 Å². The summed E-state index contributed by atoms with van der Waals surface area (Å²) in [6, 6.07) is 4.13. The molecule has 0 aliphatic carbocycles. The summed E-state index contributed by atoms with van der Waals surface area (Å²) in [5.74, 6) is -1.18. The molecule has 0 radical (unpaired) electrons. The highest BCUT2D eigenvalue weighted by Gasteiger charge is 2.39. The lowest BCUT2D eigenvalue weighted by molar-refractivity contribution is -0.140. The molecule has 1 aliphatic heterocycles. The van der Waals surface area contributed by atoms with E-state index in [-0.39, 0.29) is 38.0 Å². The van der Waals surface area contributed by atoms with Gasteiger partial charge < -0.3 is 10.4 Å². The van der Waals surface area contributed by atoms with Crippen LogP contribution in [0.4, 0.5) is 13.2 Å². The number of piperidine rings is 1. The molecule has 1 unspecified atom stereocenters. The number of carboxylic acids is 1. The second-order valence-electron chi connectivity index (χ2n) is 5.89. The number of nitrogens with zero attached hydrogens (tertiary/aromatic N) is 1. The molecule has 1 fully saturated rings. The summed E-state index contributed by atoms with van der Waals surface area (Å²) in [6.07, 6.45) is -3.58. The molecule has 148 valence electrons. The Morgan fingerprint density at radius 1 is 1.31 bits per heavy atom. The zero-order valence-corrected chi connectivity index (χ0v) is 15.3. The number of aliphatic carboxylic acids is 1. The highest BCUT2D eigenvalue weighted by atomic mass is 35.5. The van der Waals surface area contributed by atoms with Gasteiger partial charge in [-0.2, -0.15) is 17.5 Å². The van der Waals surface area contributed by atoms with Crippen LogP contribution >= 0.6 is 12.4 Å². The van der Waals surface area contributed by atoms with Crippen LogP contribution in [0.25, 0.3) is 0 Å². The molecule has 1 heterocycles. The summed E-state index contributed by atoms with van der Waals surface area (Å²) in [5.41, 5.74) is -1.18. The van der Waals surface area contributed by atoms with Crippen molar-refractivity contribution in [3.63, 3.8) is 0 Å². The molecule has 1 aliphatic rings. The van der Waals surface area contributed by atoms with E-state index >= 15 is 0 Å². The predicted molar refractivity (Wildman–Crippen MR) is 90.7 cm³/mol. The van der Waals surface area contributed by atoms with Crippen molar-refractivity contribution in [1.29, 1.82) is 0 Å². The fourth-order valence-electron chi connectivity index (χ4n) is 2.86. The molecule has 2 rings (SSSR count). The van der Waals surface area contributed by atoms with Gasteiger partial charge in [0.15, 0.2) is 0 Å². The monoisotopic (exact) mass is 416 g/mol. The largest absolute Gasteiger partial charge is 0.480 e. The number of halogens is 4. The Kier molecular flexibility index (Phi) is 7.87. The highest BCUT2D eigenvalue weighted by molar-refractivity contribution is 7.89. The SMILES string of the molecule is Cl.O=C(O)CNCC1CCCN(S(=O)(=O)c2ccccc2C(F)(F)F)C1. The van der Waals surface area contributed by atoms with Crippen molar-refractivity contribution in [1.82, 2.24) is 9.62 Å². The zero-order valence-electron chi connectivity index (χ0n) is 13.7. The van der Waals surface area contributed by atoms with E-state index in [1.807, 2.05) is 0 Å². The minimum Gasteiger partial charge on any atom is -0.480 e. The molecule has 6 nitrogen and oxygen atoms in total. The Balaban J connectivity index is 0.00000338. The first-order chi connectivity index (χ1) is 11.6. The molecular formula is C15H20ClF3N2O4S. The zero-order chi connectivity index (χ0) is 18.7. The van der Waals surface area contributed by atoms with Crippen LogP contribution in [0.15, 0.2) is 29.2 Å². The summed E-state index contributed by atoms with van der Waals surface area (Å²) >= 11 is 0. The van der Waals surface area contributed by atoms with Gasteiger partial charge in [0, 0.05) is 13.1 Å². The van der Waals surface area contributed by atoms with Gasteiger partial charge in [0.05, 0.1) is 17.0 Å². The van der Waals surface area contributed by atoms with E-state index in [4.69, 9.17) is 5.11 Å². The molecule has 0 amide bonds. The fourth-order valence-corrected chi connectivity index (χ4v) is 4.63. The molecular weight excluding hydrogens is 397 g/mol. The van der Waals surface area contributed by atoms with E-state index in [9.17, 15) is 26.4 Å². The standard InChI is InChI=1S/C15H19F3N2O4S.ClH/c16-15(17,18)12-5-1-2-6-13(12)25(23,24)20-7-3-4-11(10-20)8-19-9-14(21)22;/h1-2,5-6,11,19H,3-4,7-10H2,(H,21,22);1H. The van der Waals surface area contributed by atoms with Crippen molar-refractivity contribution in [3.8, 4) is 0 Å². The lowest BCUT2D eigenvalue weighted by Crippen LogP contribution is -2.43. The van der Waals surface area contributed by atoms with Crippen molar-refractivity contribution in [2.24, 2.45) is 5.92 Å². The number of carbonyl (C=O) groups is 1. The van der Waals surface area contributed by atoms with Crippen LogP contribution in [0.5, 0.6) is 0 Å². The summed E-state index contributed by atoms with van der Waals surface area (Å²) in [4.78, 5) is 9.76. The number of carboxylic acid groups (broad SMARTS) is 1. The van der Waals surface area contributed by atoms with Crippen molar-refractivity contribution >= 4 is 28.4 Å². The first-order valence-electron chi connectivity index (χ1n) is 7.71. The van der Waals surface area contributed by atoms with Gasteiger partial charge in [0.2, 0.25) is 10.0 Å². The fraction of sp³-hybridized carbons (Fsp3) is 0.533. The van der Waals surface area contributed by atoms with E-state index in [2.05, 4.69) is 5.32 Å². The number of hydrogen-bond acceptors (Lipinski definition) is 4. The summed E-state index contributed by atoms with van der Waals surface area (Å²) in [7, 11) is -4.28. The van der Waals surface area contributed by atoms with Crippen molar-refractivity contribution < 1.29 is 31.5 Å². The van der Waals surface area contributed by atoms with E-state index in [1.165, 1.54) is 6.07 Å². The molecule has 1 aromatic carbocycles. The smallest absolute Gasteiger partial charge is 0.417 e. The van der Waals surface area contributed by atoms with Crippen LogP contribution in [-0.4, -0.2) is 50.0 Å². The molecule has 0 aromatic heterocycles. The maximum Gasteiger partial charge on any atom is 0.417 e. The van der Waals surface area contributed by atoms with Gasteiger partial charge in [-0.25, -0.2) is 8.42 Å². The third-order valence-corrected chi connectivity index (χ3v) is 5.92. The van der Waals surface area contributed by atoms with Gasteiger partial charge in [-0.15, -0.1) is 12.4 Å². The number of hydrogen-bond donors (Lipinski definition) is 2. The minimum absolute atomic E-state index is 0. The first-order valence-corrected chi connectivity index (χ1v) is 9.15. The van der Waals surface area contributed by atoms with E-state index in [0.29, 0.717) is 19.4 Å². The number of alkyl halides is 3. The maximum atomic E-state index is 13.1. The molecule has 0 saturated carbocycles. The number of sulfonamides is 1. The number of nitrogens with one attached hydrogen (secondary N) is 1. The third kappa shape index (κ3) is 5.57. The Hall–Kier alpha value is -1.36. The third-order valence-electron chi connectivity index (χ3n) is 4.00. The normalized spacial score (nSPS) is 19.0. The number of benzene rings is 1. The summed E-state index contributed by atoms with van der Waals surface area (Å²) in [5, 5.41) is 11.3. The van der Waals surface area contributed by atoms with Crippen molar-refractivity contribution in [2.45, 2.75) is 23.9 Å².